The molecule has 3 N–H and O–H groups in total. The molecule has 0 bridgehead atoms. The zero-order valence-corrected chi connectivity index (χ0v) is 19.2. The summed E-state index contributed by atoms with van der Waals surface area (Å²) >= 11 is 6.46. The Hall–Kier alpha value is -4.24. The van der Waals surface area contributed by atoms with Gasteiger partial charge in [0.2, 0.25) is 5.95 Å². The molecule has 0 aliphatic carbocycles. The molecule has 3 aromatic heterocycles. The standard InChI is InChI=1S/C25H20ClN7O2/c26-16-9-4-6-14-12-18(33(24(35)19(14)16)15-7-2-1-3-8-15)17-10-5-11-32(17)22-20-21(30-25(27)31-22)28-13-29-23(20)34/h1-4,6-9,12-13,17H,5,10-11H2,(H3,27,28,29,30,31,34)/t17-/m0/s1. The molecule has 5 aromatic rings. The van der Waals surface area contributed by atoms with Crippen molar-refractivity contribution >= 4 is 45.2 Å². The Bertz CT molecular complexity index is 1720. The zero-order chi connectivity index (χ0) is 24.1. The van der Waals surface area contributed by atoms with Crippen LogP contribution in [0.1, 0.15) is 24.6 Å². The van der Waals surface area contributed by atoms with E-state index >= 15 is 0 Å². The maximum absolute atomic E-state index is 13.8. The number of rotatable bonds is 3. The number of nitrogens with two attached hydrogens (primary N) is 1. The first kappa shape index (κ1) is 21.3. The predicted molar refractivity (Wildman–Crippen MR) is 136 cm³/mol. The smallest absolute Gasteiger partial charge is 0.264 e. The lowest BCUT2D eigenvalue weighted by Gasteiger charge is -2.29. The van der Waals surface area contributed by atoms with Crippen LogP contribution in [0.25, 0.3) is 27.5 Å². The number of H-pyrrole nitrogens is 1. The zero-order valence-electron chi connectivity index (χ0n) is 18.5. The molecule has 174 valence electrons. The third-order valence-corrected chi connectivity index (χ3v) is 6.72. The van der Waals surface area contributed by atoms with Crippen molar-refractivity contribution < 1.29 is 0 Å². The number of anilines is 2. The molecular formula is C25H20ClN7O2. The minimum absolute atomic E-state index is 0.0296. The Morgan fingerprint density at radius 3 is 2.69 bits per heavy atom. The average molecular weight is 486 g/mol. The molecule has 0 unspecified atom stereocenters. The number of fused-ring (bicyclic) bond motifs is 2. The van der Waals surface area contributed by atoms with Gasteiger partial charge in [0.25, 0.3) is 11.1 Å². The number of benzene rings is 2. The van der Waals surface area contributed by atoms with E-state index in [-0.39, 0.29) is 34.1 Å². The first-order chi connectivity index (χ1) is 17.0. The molecule has 1 saturated heterocycles. The van der Waals surface area contributed by atoms with E-state index in [0.29, 0.717) is 22.8 Å². The maximum Gasteiger partial charge on any atom is 0.264 e. The molecule has 0 spiro atoms. The third-order valence-electron chi connectivity index (χ3n) is 6.40. The summed E-state index contributed by atoms with van der Waals surface area (Å²) in [6, 6.07) is 16.6. The molecule has 9 nitrogen and oxygen atoms in total. The van der Waals surface area contributed by atoms with E-state index in [9.17, 15) is 9.59 Å². The van der Waals surface area contributed by atoms with Crippen LogP contribution < -0.4 is 21.8 Å². The maximum atomic E-state index is 13.8. The number of nitrogens with zero attached hydrogens (tertiary/aromatic N) is 5. The summed E-state index contributed by atoms with van der Waals surface area (Å²) in [4.78, 5) is 44.0. The van der Waals surface area contributed by atoms with Crippen LogP contribution in [-0.4, -0.2) is 31.0 Å². The summed E-state index contributed by atoms with van der Waals surface area (Å²) < 4.78 is 1.70. The second-order valence-corrected chi connectivity index (χ2v) is 8.84. The summed E-state index contributed by atoms with van der Waals surface area (Å²) in [5.74, 6) is 0.435. The molecule has 0 radical (unpaired) electrons. The highest BCUT2D eigenvalue weighted by molar-refractivity contribution is 6.35. The molecule has 1 atom stereocenters. The van der Waals surface area contributed by atoms with Crippen molar-refractivity contribution in [2.24, 2.45) is 0 Å². The number of nitrogens with one attached hydrogen (secondary N) is 1. The fraction of sp³-hybridized carbons (Fsp3) is 0.160. The first-order valence-electron chi connectivity index (χ1n) is 11.2. The first-order valence-corrected chi connectivity index (χ1v) is 11.6. The van der Waals surface area contributed by atoms with E-state index in [0.717, 1.165) is 29.6 Å². The average Bonchev–Trinajstić information content (AvgIpc) is 3.33. The normalized spacial score (nSPS) is 15.8. The Balaban J connectivity index is 1.64. The minimum atomic E-state index is -0.346. The number of para-hydroxylation sites is 1. The lowest BCUT2D eigenvalue weighted by molar-refractivity contribution is 0.662. The molecule has 1 aliphatic heterocycles. The van der Waals surface area contributed by atoms with Crippen molar-refractivity contribution in [2.45, 2.75) is 18.9 Å². The van der Waals surface area contributed by atoms with Gasteiger partial charge in [-0.05, 0) is 42.5 Å². The van der Waals surface area contributed by atoms with Gasteiger partial charge in [-0.3, -0.25) is 14.2 Å². The van der Waals surface area contributed by atoms with Crippen molar-refractivity contribution in [3.8, 4) is 5.69 Å². The number of aromatic nitrogens is 5. The lowest BCUT2D eigenvalue weighted by Crippen LogP contribution is -2.31. The van der Waals surface area contributed by atoms with Gasteiger partial charge in [0.15, 0.2) is 5.65 Å². The van der Waals surface area contributed by atoms with Crippen molar-refractivity contribution in [1.29, 1.82) is 0 Å². The van der Waals surface area contributed by atoms with Gasteiger partial charge in [0.1, 0.15) is 11.2 Å². The second kappa shape index (κ2) is 8.21. The van der Waals surface area contributed by atoms with E-state index in [1.807, 2.05) is 53.4 Å². The molecular weight excluding hydrogens is 466 g/mol. The topological polar surface area (TPSA) is 123 Å². The summed E-state index contributed by atoms with van der Waals surface area (Å²) in [5, 5.41) is 1.89. The summed E-state index contributed by atoms with van der Waals surface area (Å²) in [6.07, 6.45) is 2.88. The van der Waals surface area contributed by atoms with Crippen LogP contribution in [0.3, 0.4) is 0 Å². The highest BCUT2D eigenvalue weighted by atomic mass is 35.5. The fourth-order valence-corrected chi connectivity index (χ4v) is 5.20. The molecule has 35 heavy (non-hydrogen) atoms. The number of hydrogen-bond donors (Lipinski definition) is 2. The summed E-state index contributed by atoms with van der Waals surface area (Å²) in [6.45, 7) is 0.626. The molecule has 10 heteroatoms. The van der Waals surface area contributed by atoms with Crippen LogP contribution >= 0.6 is 11.6 Å². The van der Waals surface area contributed by atoms with E-state index in [1.165, 1.54) is 6.33 Å². The lowest BCUT2D eigenvalue weighted by atomic mass is 10.0. The van der Waals surface area contributed by atoms with Gasteiger partial charge >= 0.3 is 0 Å². The highest BCUT2D eigenvalue weighted by Gasteiger charge is 2.33. The number of pyridine rings is 1. The Morgan fingerprint density at radius 2 is 1.86 bits per heavy atom. The Labute approximate surface area is 203 Å². The van der Waals surface area contributed by atoms with Gasteiger partial charge < -0.3 is 15.6 Å². The quantitative estimate of drug-likeness (QED) is 0.400. The van der Waals surface area contributed by atoms with Gasteiger partial charge in [-0.1, -0.05) is 41.9 Å². The molecule has 0 amide bonds. The van der Waals surface area contributed by atoms with Crippen molar-refractivity contribution in [3.63, 3.8) is 0 Å². The Morgan fingerprint density at radius 1 is 1.03 bits per heavy atom. The van der Waals surface area contributed by atoms with Crippen LogP contribution in [-0.2, 0) is 0 Å². The number of halogens is 1. The van der Waals surface area contributed by atoms with Crippen LogP contribution in [0.15, 0.2) is 70.5 Å². The summed E-state index contributed by atoms with van der Waals surface area (Å²) in [7, 11) is 0. The molecule has 1 fully saturated rings. The largest absolute Gasteiger partial charge is 0.368 e. The van der Waals surface area contributed by atoms with Crippen molar-refractivity contribution in [1.82, 2.24) is 24.5 Å². The highest BCUT2D eigenvalue weighted by Crippen LogP contribution is 2.38. The SMILES string of the molecule is Nc1nc(N2CCC[C@H]2c2cc3cccc(Cl)c3c(=O)n2-c2ccccc2)c2c(=O)[nH]cnc2n1. The molecule has 4 heterocycles. The van der Waals surface area contributed by atoms with Gasteiger partial charge in [-0.15, -0.1) is 0 Å². The van der Waals surface area contributed by atoms with Crippen molar-refractivity contribution in [2.75, 3.05) is 17.2 Å². The van der Waals surface area contributed by atoms with Crippen LogP contribution in [0.5, 0.6) is 0 Å². The van der Waals surface area contributed by atoms with Crippen molar-refractivity contribution in [3.05, 3.63) is 92.3 Å². The van der Waals surface area contributed by atoms with Crippen LogP contribution in [0, 0.1) is 0 Å². The van der Waals surface area contributed by atoms with Gasteiger partial charge in [0.05, 0.1) is 22.8 Å². The van der Waals surface area contributed by atoms with E-state index in [2.05, 4.69) is 19.9 Å². The molecule has 2 aromatic carbocycles. The van der Waals surface area contributed by atoms with Gasteiger partial charge in [0, 0.05) is 17.9 Å². The predicted octanol–water partition coefficient (Wildman–Crippen LogP) is 3.59. The summed E-state index contributed by atoms with van der Waals surface area (Å²) in [5.41, 5.74) is 7.18. The van der Waals surface area contributed by atoms with Gasteiger partial charge in [-0.25, -0.2) is 4.98 Å². The van der Waals surface area contributed by atoms with E-state index in [1.54, 1.807) is 10.6 Å². The molecule has 0 saturated carbocycles. The minimum Gasteiger partial charge on any atom is -0.368 e. The van der Waals surface area contributed by atoms with E-state index < -0.39 is 0 Å². The molecule has 1 aliphatic rings. The van der Waals surface area contributed by atoms with Crippen LogP contribution in [0.4, 0.5) is 11.8 Å². The number of aromatic amines is 1. The fourth-order valence-electron chi connectivity index (χ4n) is 4.94. The number of nitrogen functional groups attached to an aromatic ring is 1. The second-order valence-electron chi connectivity index (χ2n) is 8.44. The van der Waals surface area contributed by atoms with E-state index in [4.69, 9.17) is 17.3 Å². The third kappa shape index (κ3) is 3.43. The number of hydrogen-bond acceptors (Lipinski definition) is 7. The van der Waals surface area contributed by atoms with Crippen LogP contribution in [0.2, 0.25) is 5.02 Å². The Kier molecular flexibility index (Phi) is 5.00. The van der Waals surface area contributed by atoms with Gasteiger partial charge in [-0.2, -0.15) is 9.97 Å². The molecule has 6 rings (SSSR count). The monoisotopic (exact) mass is 485 g/mol.